The molecule has 0 spiro atoms. The molecule has 1 aliphatic rings. The molecule has 0 bridgehead atoms. The second-order valence-electron chi connectivity index (χ2n) is 7.67. The molecule has 0 radical (unpaired) electrons. The maximum Gasteiger partial charge on any atom is 0.416 e. The van der Waals surface area contributed by atoms with E-state index in [4.69, 9.17) is 0 Å². The fourth-order valence-corrected chi connectivity index (χ4v) is 4.84. The Bertz CT molecular complexity index is 1170. The van der Waals surface area contributed by atoms with Crippen molar-refractivity contribution < 1.29 is 21.6 Å². The molecule has 164 valence electrons. The third-order valence-corrected chi connectivity index (χ3v) is 6.82. The summed E-state index contributed by atoms with van der Waals surface area (Å²) in [6.45, 7) is 0.584. The van der Waals surface area contributed by atoms with Gasteiger partial charge in [-0.05, 0) is 49.2 Å². The van der Waals surface area contributed by atoms with Gasteiger partial charge in [0.25, 0.3) is 10.0 Å². The van der Waals surface area contributed by atoms with Crippen molar-refractivity contribution in [2.45, 2.75) is 49.3 Å². The van der Waals surface area contributed by atoms with Crippen LogP contribution in [0.15, 0.2) is 59.5 Å². The van der Waals surface area contributed by atoms with Crippen molar-refractivity contribution in [3.8, 4) is 0 Å². The Labute approximate surface area is 178 Å². The fraction of sp³-hybridized carbons (Fsp3) is 0.318. The third kappa shape index (κ3) is 4.99. The van der Waals surface area contributed by atoms with E-state index in [1.165, 1.54) is 12.8 Å². The molecule has 0 amide bonds. The van der Waals surface area contributed by atoms with E-state index in [1.807, 2.05) is 18.2 Å². The Hall–Kier alpha value is -2.65. The van der Waals surface area contributed by atoms with Crippen LogP contribution in [0.1, 0.15) is 36.9 Å². The predicted molar refractivity (Wildman–Crippen MR) is 113 cm³/mol. The van der Waals surface area contributed by atoms with Gasteiger partial charge in [0, 0.05) is 18.0 Å². The zero-order chi connectivity index (χ0) is 22.1. The first kappa shape index (κ1) is 21.6. The van der Waals surface area contributed by atoms with E-state index in [0.717, 1.165) is 48.2 Å². The first-order chi connectivity index (χ1) is 14.7. The zero-order valence-corrected chi connectivity index (χ0v) is 17.4. The predicted octanol–water partition coefficient (Wildman–Crippen LogP) is 5.09. The Morgan fingerprint density at radius 2 is 1.68 bits per heavy atom. The minimum atomic E-state index is -4.53. The van der Waals surface area contributed by atoms with E-state index in [0.29, 0.717) is 18.1 Å². The molecule has 1 saturated carbocycles. The number of fused-ring (bicyclic) bond motifs is 1. The van der Waals surface area contributed by atoms with Crippen molar-refractivity contribution in [2.75, 3.05) is 4.72 Å². The number of para-hydroxylation sites is 1. The van der Waals surface area contributed by atoms with E-state index < -0.39 is 21.8 Å². The SMILES string of the molecule is O=S(=O)(Nc1cccc2ccc(CNC3CCCC3)nc12)c1ccc(C(F)(F)F)cc1. The van der Waals surface area contributed by atoms with Crippen LogP contribution in [0.4, 0.5) is 18.9 Å². The Kier molecular flexibility index (Phi) is 5.90. The lowest BCUT2D eigenvalue weighted by atomic mass is 10.1. The van der Waals surface area contributed by atoms with Crippen LogP contribution < -0.4 is 10.0 Å². The summed E-state index contributed by atoms with van der Waals surface area (Å²) in [5, 5.41) is 4.24. The molecule has 0 unspecified atom stereocenters. The highest BCUT2D eigenvalue weighted by Crippen LogP contribution is 2.30. The molecule has 2 aromatic carbocycles. The fourth-order valence-electron chi connectivity index (χ4n) is 3.77. The van der Waals surface area contributed by atoms with E-state index in [2.05, 4.69) is 15.0 Å². The van der Waals surface area contributed by atoms with E-state index >= 15 is 0 Å². The van der Waals surface area contributed by atoms with Gasteiger partial charge >= 0.3 is 6.18 Å². The van der Waals surface area contributed by atoms with Gasteiger partial charge in [-0.2, -0.15) is 13.2 Å². The lowest BCUT2D eigenvalue weighted by molar-refractivity contribution is -0.137. The van der Waals surface area contributed by atoms with Gasteiger partial charge < -0.3 is 5.32 Å². The first-order valence-electron chi connectivity index (χ1n) is 10.0. The van der Waals surface area contributed by atoms with Gasteiger partial charge in [-0.15, -0.1) is 0 Å². The average Bonchev–Trinajstić information content (AvgIpc) is 3.25. The third-order valence-electron chi connectivity index (χ3n) is 5.44. The number of nitrogens with zero attached hydrogens (tertiary/aromatic N) is 1. The van der Waals surface area contributed by atoms with Crippen molar-refractivity contribution in [3.05, 3.63) is 65.9 Å². The summed E-state index contributed by atoms with van der Waals surface area (Å²) in [7, 11) is -4.08. The van der Waals surface area contributed by atoms with Crippen LogP contribution in [-0.2, 0) is 22.7 Å². The topological polar surface area (TPSA) is 71.1 Å². The summed E-state index contributed by atoms with van der Waals surface area (Å²) in [5.41, 5.74) is 0.655. The number of hydrogen-bond donors (Lipinski definition) is 2. The molecule has 1 aliphatic carbocycles. The van der Waals surface area contributed by atoms with Gasteiger partial charge in [-0.1, -0.05) is 31.0 Å². The first-order valence-corrected chi connectivity index (χ1v) is 11.5. The highest BCUT2D eigenvalue weighted by atomic mass is 32.2. The largest absolute Gasteiger partial charge is 0.416 e. The molecule has 1 heterocycles. The van der Waals surface area contributed by atoms with Crippen LogP contribution in [0, 0.1) is 0 Å². The number of sulfonamides is 1. The lowest BCUT2D eigenvalue weighted by Gasteiger charge is -2.14. The summed E-state index contributed by atoms with van der Waals surface area (Å²) >= 11 is 0. The highest BCUT2D eigenvalue weighted by Gasteiger charge is 2.30. The van der Waals surface area contributed by atoms with Gasteiger partial charge in [0.1, 0.15) is 0 Å². The smallest absolute Gasteiger partial charge is 0.308 e. The summed E-state index contributed by atoms with van der Waals surface area (Å²) in [4.78, 5) is 4.37. The zero-order valence-electron chi connectivity index (χ0n) is 16.6. The Morgan fingerprint density at radius 3 is 2.35 bits per heavy atom. The molecule has 0 atom stereocenters. The molecule has 31 heavy (non-hydrogen) atoms. The Balaban J connectivity index is 1.58. The van der Waals surface area contributed by atoms with Crippen molar-refractivity contribution in [2.24, 2.45) is 0 Å². The lowest BCUT2D eigenvalue weighted by Crippen LogP contribution is -2.25. The molecule has 9 heteroatoms. The van der Waals surface area contributed by atoms with Gasteiger partial charge in [0.2, 0.25) is 0 Å². The minimum absolute atomic E-state index is 0.253. The van der Waals surface area contributed by atoms with Gasteiger partial charge in [-0.25, -0.2) is 13.4 Å². The van der Waals surface area contributed by atoms with Crippen LogP contribution >= 0.6 is 0 Å². The normalized spacial score (nSPS) is 15.5. The number of benzene rings is 2. The number of hydrogen-bond acceptors (Lipinski definition) is 4. The number of pyridine rings is 1. The van der Waals surface area contributed by atoms with Crippen molar-refractivity contribution in [1.29, 1.82) is 0 Å². The maximum atomic E-state index is 12.8. The van der Waals surface area contributed by atoms with Crippen LogP contribution in [0.2, 0.25) is 0 Å². The van der Waals surface area contributed by atoms with Crippen molar-refractivity contribution >= 4 is 26.6 Å². The van der Waals surface area contributed by atoms with E-state index in [1.54, 1.807) is 12.1 Å². The number of anilines is 1. The molecule has 5 nitrogen and oxygen atoms in total. The number of rotatable bonds is 6. The van der Waals surface area contributed by atoms with Gasteiger partial charge in [0.15, 0.2) is 0 Å². The minimum Gasteiger partial charge on any atom is -0.308 e. The summed E-state index contributed by atoms with van der Waals surface area (Å²) in [5.74, 6) is 0. The number of nitrogens with one attached hydrogen (secondary N) is 2. The summed E-state index contributed by atoms with van der Waals surface area (Å²) < 4.78 is 66.3. The van der Waals surface area contributed by atoms with E-state index in [-0.39, 0.29) is 10.6 Å². The average molecular weight is 449 g/mol. The van der Waals surface area contributed by atoms with E-state index in [9.17, 15) is 21.6 Å². The van der Waals surface area contributed by atoms with Crippen molar-refractivity contribution in [3.63, 3.8) is 0 Å². The molecule has 1 aromatic heterocycles. The maximum absolute atomic E-state index is 12.8. The molecular formula is C22H22F3N3O2S. The number of halogens is 3. The van der Waals surface area contributed by atoms with Crippen molar-refractivity contribution in [1.82, 2.24) is 10.3 Å². The van der Waals surface area contributed by atoms with Gasteiger partial charge in [-0.3, -0.25) is 4.72 Å². The standard InChI is InChI=1S/C22H22F3N3O2S/c23-22(24,25)16-9-12-19(13-10-16)31(29,30)28-20-7-3-4-15-8-11-18(27-21(15)20)14-26-17-5-1-2-6-17/h3-4,7-13,17,26,28H,1-2,5-6,14H2. The molecule has 2 N–H and O–H groups in total. The summed E-state index contributed by atoms with van der Waals surface area (Å²) in [6, 6.07) is 12.8. The van der Waals surface area contributed by atoms with Gasteiger partial charge in [0.05, 0.1) is 27.4 Å². The summed E-state index contributed by atoms with van der Waals surface area (Å²) in [6.07, 6.45) is 0.201. The number of alkyl halides is 3. The van der Waals surface area contributed by atoms with Crippen LogP contribution in [0.25, 0.3) is 10.9 Å². The van der Waals surface area contributed by atoms with Crippen LogP contribution in [0.5, 0.6) is 0 Å². The second kappa shape index (κ2) is 8.47. The second-order valence-corrected chi connectivity index (χ2v) is 9.35. The highest BCUT2D eigenvalue weighted by molar-refractivity contribution is 7.92. The quantitative estimate of drug-likeness (QED) is 0.550. The van der Waals surface area contributed by atoms with Crippen LogP contribution in [-0.4, -0.2) is 19.4 Å². The molecule has 3 aromatic rings. The monoisotopic (exact) mass is 449 g/mol. The van der Waals surface area contributed by atoms with Crippen LogP contribution in [0.3, 0.4) is 0 Å². The Morgan fingerprint density at radius 1 is 0.968 bits per heavy atom. The molecule has 0 aliphatic heterocycles. The molecule has 0 saturated heterocycles. The number of aromatic nitrogens is 1. The molecule has 4 rings (SSSR count). The molecule has 1 fully saturated rings. The molecular weight excluding hydrogens is 427 g/mol.